The minimum absolute atomic E-state index is 0.0824. The number of thioether (sulfide) groups is 1. The summed E-state index contributed by atoms with van der Waals surface area (Å²) in [6, 6.07) is 5.86. The highest BCUT2D eigenvalue weighted by Gasteiger charge is 2.36. The van der Waals surface area contributed by atoms with Crippen LogP contribution in [0.1, 0.15) is 43.0 Å². The molecule has 1 saturated heterocycles. The molecule has 2 unspecified atom stereocenters. The highest BCUT2D eigenvalue weighted by molar-refractivity contribution is 7.99. The number of rotatable bonds is 7. The minimum atomic E-state index is -4.60. The molecular weight excluding hydrogens is 561 g/mol. The first-order chi connectivity index (χ1) is 19.2. The van der Waals surface area contributed by atoms with E-state index in [4.69, 9.17) is 9.72 Å². The van der Waals surface area contributed by atoms with Crippen molar-refractivity contribution >= 4 is 40.6 Å². The summed E-state index contributed by atoms with van der Waals surface area (Å²) in [5.41, 5.74) is 0.418. The smallest absolute Gasteiger partial charge is 0.395 e. The molecule has 0 saturated carbocycles. The van der Waals surface area contributed by atoms with E-state index >= 15 is 0 Å². The number of nitrogens with zero attached hydrogens (tertiary/aromatic N) is 5. The van der Waals surface area contributed by atoms with Gasteiger partial charge in [0.1, 0.15) is 11.4 Å². The number of aliphatic hydroxyl groups is 1. The second kappa shape index (κ2) is 12.2. The minimum Gasteiger partial charge on any atom is -0.395 e. The summed E-state index contributed by atoms with van der Waals surface area (Å²) in [5, 5.41) is 12.4. The third kappa shape index (κ3) is 6.23. The maximum Gasteiger partial charge on any atom is 0.420 e. The zero-order chi connectivity index (χ0) is 28.4. The molecule has 0 radical (unpaired) electrons. The summed E-state index contributed by atoms with van der Waals surface area (Å²) < 4.78 is 47.8. The number of nitrogens with one attached hydrogen (secondary N) is 1. The predicted molar refractivity (Wildman–Crippen MR) is 153 cm³/mol. The number of fused-ring (bicyclic) bond motifs is 1. The van der Waals surface area contributed by atoms with Gasteiger partial charge < -0.3 is 20.1 Å². The Labute approximate surface area is 240 Å². The number of thiophene rings is 1. The first-order valence-electron chi connectivity index (χ1n) is 13.4. The molecule has 0 spiro atoms. The predicted octanol–water partition coefficient (Wildman–Crippen LogP) is 5.61. The lowest BCUT2D eigenvalue weighted by molar-refractivity contribution is -0.137. The quantitative estimate of drug-likeness (QED) is 0.363. The lowest BCUT2D eigenvalue weighted by atomic mass is 10.1. The Hall–Kier alpha value is -2.45. The Morgan fingerprint density at radius 1 is 1.20 bits per heavy atom. The molecule has 0 amide bonds. The van der Waals surface area contributed by atoms with Gasteiger partial charge in [-0.05, 0) is 38.5 Å². The van der Waals surface area contributed by atoms with Gasteiger partial charge in [0.25, 0.3) is 0 Å². The number of hydrogen-bond acceptors (Lipinski definition) is 10. The van der Waals surface area contributed by atoms with Crippen LogP contribution < -0.4 is 10.2 Å². The standard InChI is InChI=1S/C27H33F3N6O2S2/c1-4-19-20(5-6-23(32-19)36-8-7-35(9-10-37)16(2)15-36)33-26-31-14-18(27(28,29)30)24(34-26)21-13-22-25(40-21)17(3)38-11-12-39-22/h5-6,13-14,16-17,37H,4,7-12,15H2,1-3H3,(H,31,33,34). The Bertz CT molecular complexity index is 1340. The third-order valence-corrected chi connectivity index (χ3v) is 9.60. The first kappa shape index (κ1) is 29.1. The van der Waals surface area contributed by atoms with Crippen LogP contribution in [0.25, 0.3) is 10.6 Å². The molecule has 1 fully saturated rings. The molecule has 2 aliphatic heterocycles. The third-order valence-electron chi connectivity index (χ3n) is 7.15. The lowest BCUT2D eigenvalue weighted by Crippen LogP contribution is -2.52. The van der Waals surface area contributed by atoms with E-state index in [-0.39, 0.29) is 30.4 Å². The van der Waals surface area contributed by atoms with E-state index in [2.05, 4.69) is 32.0 Å². The van der Waals surface area contributed by atoms with Gasteiger partial charge in [0.2, 0.25) is 5.95 Å². The molecule has 216 valence electrons. The number of aliphatic hydroxyl groups excluding tert-OH is 1. The lowest BCUT2D eigenvalue weighted by Gasteiger charge is -2.40. The van der Waals surface area contributed by atoms with Gasteiger partial charge in [-0.15, -0.1) is 23.1 Å². The molecule has 13 heteroatoms. The van der Waals surface area contributed by atoms with Crippen molar-refractivity contribution in [2.75, 3.05) is 55.4 Å². The normalized spacial score (nSPS) is 20.3. The molecule has 5 heterocycles. The van der Waals surface area contributed by atoms with E-state index in [0.29, 0.717) is 30.1 Å². The van der Waals surface area contributed by atoms with Crippen LogP contribution in [0, 0.1) is 0 Å². The van der Waals surface area contributed by atoms with Crippen LogP contribution in [0.5, 0.6) is 0 Å². The molecule has 3 aromatic heterocycles. The van der Waals surface area contributed by atoms with E-state index in [1.807, 2.05) is 26.0 Å². The monoisotopic (exact) mass is 594 g/mol. The Balaban J connectivity index is 1.42. The first-order valence-corrected chi connectivity index (χ1v) is 15.2. The molecule has 2 atom stereocenters. The van der Waals surface area contributed by atoms with Crippen LogP contribution in [0.2, 0.25) is 0 Å². The average Bonchev–Trinajstić information content (AvgIpc) is 3.28. The Kier molecular flexibility index (Phi) is 8.86. The van der Waals surface area contributed by atoms with Gasteiger partial charge in [-0.1, -0.05) is 6.92 Å². The van der Waals surface area contributed by atoms with E-state index in [9.17, 15) is 18.3 Å². The largest absolute Gasteiger partial charge is 0.420 e. The van der Waals surface area contributed by atoms with Crippen molar-refractivity contribution in [3.05, 3.63) is 40.5 Å². The van der Waals surface area contributed by atoms with Gasteiger partial charge in [0, 0.05) is 53.9 Å². The van der Waals surface area contributed by atoms with Crippen molar-refractivity contribution in [3.8, 4) is 10.6 Å². The second-order valence-electron chi connectivity index (χ2n) is 9.85. The molecule has 2 N–H and O–H groups in total. The van der Waals surface area contributed by atoms with E-state index < -0.39 is 11.7 Å². The number of pyridine rings is 1. The van der Waals surface area contributed by atoms with Gasteiger partial charge in [0.15, 0.2) is 0 Å². The van der Waals surface area contributed by atoms with Crippen LogP contribution >= 0.6 is 23.1 Å². The van der Waals surface area contributed by atoms with Crippen LogP contribution in [0.15, 0.2) is 29.3 Å². The van der Waals surface area contributed by atoms with Gasteiger partial charge >= 0.3 is 6.18 Å². The molecular formula is C27H33F3N6O2S2. The molecule has 0 bridgehead atoms. The number of hydrogen-bond donors (Lipinski definition) is 2. The number of aryl methyl sites for hydroxylation is 1. The van der Waals surface area contributed by atoms with Crippen molar-refractivity contribution in [2.24, 2.45) is 0 Å². The fraction of sp³-hybridized carbons (Fsp3) is 0.519. The number of halogens is 3. The van der Waals surface area contributed by atoms with E-state index in [0.717, 1.165) is 52.9 Å². The SMILES string of the molecule is CCc1nc(N2CCN(CCO)C(C)C2)ccc1Nc1ncc(C(F)(F)F)c(-c2cc3c(s2)C(C)OCCS3)n1. The second-order valence-corrected chi connectivity index (χ2v) is 12.1. The summed E-state index contributed by atoms with van der Waals surface area (Å²) in [4.78, 5) is 20.0. The van der Waals surface area contributed by atoms with Gasteiger partial charge in [-0.3, -0.25) is 4.90 Å². The number of anilines is 3. The number of piperazine rings is 1. The molecule has 0 aromatic carbocycles. The number of aromatic nitrogens is 3. The summed E-state index contributed by atoms with van der Waals surface area (Å²) in [6.07, 6.45) is -3.31. The fourth-order valence-electron chi connectivity index (χ4n) is 5.02. The van der Waals surface area contributed by atoms with Crippen molar-refractivity contribution in [2.45, 2.75) is 50.4 Å². The van der Waals surface area contributed by atoms with Crippen molar-refractivity contribution in [1.29, 1.82) is 0 Å². The molecule has 2 aliphatic rings. The zero-order valence-electron chi connectivity index (χ0n) is 22.7. The summed E-state index contributed by atoms with van der Waals surface area (Å²) in [7, 11) is 0. The van der Waals surface area contributed by atoms with Crippen molar-refractivity contribution in [1.82, 2.24) is 19.9 Å². The van der Waals surface area contributed by atoms with Gasteiger partial charge in [-0.2, -0.15) is 13.2 Å². The Morgan fingerprint density at radius 2 is 2.02 bits per heavy atom. The maximum atomic E-state index is 14.0. The molecule has 8 nitrogen and oxygen atoms in total. The van der Waals surface area contributed by atoms with Crippen LogP contribution in [-0.2, 0) is 17.3 Å². The number of β-amino-alcohol motifs (C(OH)–C–C–N with tert-alkyl or cyclic N) is 1. The van der Waals surface area contributed by atoms with E-state index in [1.165, 1.54) is 11.3 Å². The summed E-state index contributed by atoms with van der Waals surface area (Å²) in [5.74, 6) is 1.68. The summed E-state index contributed by atoms with van der Waals surface area (Å²) in [6.45, 7) is 9.85. The highest BCUT2D eigenvalue weighted by Crippen LogP contribution is 2.45. The molecule has 5 rings (SSSR count). The fourth-order valence-corrected chi connectivity index (χ4v) is 7.37. The van der Waals surface area contributed by atoms with E-state index in [1.54, 1.807) is 17.8 Å². The zero-order valence-corrected chi connectivity index (χ0v) is 24.3. The Morgan fingerprint density at radius 3 is 2.75 bits per heavy atom. The topological polar surface area (TPSA) is 86.6 Å². The van der Waals surface area contributed by atoms with Crippen LogP contribution in [0.4, 0.5) is 30.6 Å². The summed E-state index contributed by atoms with van der Waals surface area (Å²) >= 11 is 2.87. The van der Waals surface area contributed by atoms with Gasteiger partial charge in [-0.25, -0.2) is 15.0 Å². The number of ether oxygens (including phenoxy) is 1. The average molecular weight is 595 g/mol. The maximum absolute atomic E-state index is 14.0. The van der Waals surface area contributed by atoms with Crippen molar-refractivity contribution in [3.63, 3.8) is 0 Å². The van der Waals surface area contributed by atoms with Crippen LogP contribution in [-0.4, -0.2) is 76.1 Å². The highest BCUT2D eigenvalue weighted by atomic mass is 32.2. The molecule has 40 heavy (non-hydrogen) atoms. The van der Waals surface area contributed by atoms with Gasteiger partial charge in [0.05, 0.1) is 41.3 Å². The van der Waals surface area contributed by atoms with Crippen molar-refractivity contribution < 1.29 is 23.0 Å². The molecule has 3 aromatic rings. The molecule has 0 aliphatic carbocycles. The van der Waals surface area contributed by atoms with Crippen LogP contribution in [0.3, 0.4) is 0 Å². The number of alkyl halides is 3.